The lowest BCUT2D eigenvalue weighted by atomic mass is 9.79. The number of hydrogen-bond acceptors (Lipinski definition) is 2. The van der Waals surface area contributed by atoms with Gasteiger partial charge in [0.05, 0.1) is 12.2 Å². The zero-order valence-corrected chi connectivity index (χ0v) is 13.3. The van der Waals surface area contributed by atoms with E-state index in [1.807, 2.05) is 17.9 Å². The van der Waals surface area contributed by atoms with Crippen LogP contribution in [0.2, 0.25) is 0 Å². The van der Waals surface area contributed by atoms with Crippen molar-refractivity contribution in [2.45, 2.75) is 45.1 Å². The number of aromatic nitrogens is 2. The summed E-state index contributed by atoms with van der Waals surface area (Å²) in [6.07, 6.45) is 6.08. The van der Waals surface area contributed by atoms with E-state index in [9.17, 15) is 0 Å². The summed E-state index contributed by atoms with van der Waals surface area (Å²) in [4.78, 5) is 0. The van der Waals surface area contributed by atoms with Crippen molar-refractivity contribution in [3.05, 3.63) is 52.8 Å². The topological polar surface area (TPSA) is 29.9 Å². The molecule has 1 unspecified atom stereocenters. The second-order valence-electron chi connectivity index (χ2n) is 6.10. The van der Waals surface area contributed by atoms with E-state index in [2.05, 4.69) is 48.5 Å². The predicted molar refractivity (Wildman–Crippen MR) is 86.5 cm³/mol. The molecule has 3 nitrogen and oxygen atoms in total. The van der Waals surface area contributed by atoms with Crippen molar-refractivity contribution in [2.24, 2.45) is 7.05 Å². The Kier molecular flexibility index (Phi) is 4.11. The molecule has 1 saturated carbocycles. The molecular formula is C18H25N3. The zero-order chi connectivity index (χ0) is 14.8. The molecule has 1 aromatic carbocycles. The van der Waals surface area contributed by atoms with Crippen LogP contribution in [0.3, 0.4) is 0 Å². The summed E-state index contributed by atoms with van der Waals surface area (Å²) < 4.78 is 1.95. The average molecular weight is 283 g/mol. The molecule has 1 heterocycles. The molecule has 21 heavy (non-hydrogen) atoms. The van der Waals surface area contributed by atoms with E-state index in [0.29, 0.717) is 0 Å². The van der Waals surface area contributed by atoms with Crippen LogP contribution in [0.15, 0.2) is 30.5 Å². The second kappa shape index (κ2) is 6.02. The Bertz CT molecular complexity index is 611. The summed E-state index contributed by atoms with van der Waals surface area (Å²) in [7, 11) is 2.01. The van der Waals surface area contributed by atoms with Crippen molar-refractivity contribution in [1.82, 2.24) is 15.1 Å². The van der Waals surface area contributed by atoms with Crippen molar-refractivity contribution in [3.63, 3.8) is 0 Å². The smallest absolute Gasteiger partial charge is 0.0610 e. The molecule has 0 radical (unpaired) electrons. The predicted octanol–water partition coefficient (Wildman–Crippen LogP) is 3.69. The van der Waals surface area contributed by atoms with Crippen LogP contribution >= 0.6 is 0 Å². The number of benzene rings is 1. The quantitative estimate of drug-likeness (QED) is 0.907. The van der Waals surface area contributed by atoms with Gasteiger partial charge in [-0.25, -0.2) is 0 Å². The third kappa shape index (κ3) is 2.75. The van der Waals surface area contributed by atoms with Crippen LogP contribution in [0.25, 0.3) is 0 Å². The van der Waals surface area contributed by atoms with Gasteiger partial charge in [0.15, 0.2) is 0 Å². The maximum absolute atomic E-state index is 4.41. The number of nitrogens with zero attached hydrogens (tertiary/aromatic N) is 2. The van der Waals surface area contributed by atoms with Crippen molar-refractivity contribution >= 4 is 0 Å². The molecule has 1 N–H and O–H groups in total. The molecular weight excluding hydrogens is 258 g/mol. The van der Waals surface area contributed by atoms with Crippen LogP contribution in [0.1, 0.15) is 60.5 Å². The Hall–Kier alpha value is -1.61. The Morgan fingerprint density at radius 2 is 2.19 bits per heavy atom. The number of hydrogen-bond donors (Lipinski definition) is 1. The van der Waals surface area contributed by atoms with Gasteiger partial charge in [-0.3, -0.25) is 4.68 Å². The summed E-state index contributed by atoms with van der Waals surface area (Å²) in [5.41, 5.74) is 5.38. The fraction of sp³-hybridized carbons (Fsp3) is 0.500. The first-order valence-electron chi connectivity index (χ1n) is 8.02. The number of rotatable bonds is 5. The molecule has 0 saturated heterocycles. The van der Waals surface area contributed by atoms with Gasteiger partial charge >= 0.3 is 0 Å². The Morgan fingerprint density at radius 1 is 1.38 bits per heavy atom. The Balaban J connectivity index is 1.95. The van der Waals surface area contributed by atoms with E-state index in [1.165, 1.54) is 41.6 Å². The molecule has 112 valence electrons. The molecule has 1 fully saturated rings. The highest BCUT2D eigenvalue weighted by Crippen LogP contribution is 2.37. The van der Waals surface area contributed by atoms with E-state index < -0.39 is 0 Å². The lowest BCUT2D eigenvalue weighted by Gasteiger charge is -2.27. The minimum Gasteiger partial charge on any atom is -0.306 e. The molecule has 1 aliphatic rings. The normalized spacial score (nSPS) is 16.7. The standard InChI is InChI=1S/C18H25N3/c1-4-19-18(17-12-20-21(3)13(17)2)16-10-6-9-15(11-16)14-7-5-8-14/h6,9-12,14,18-19H,4-5,7-8H2,1-3H3. The summed E-state index contributed by atoms with van der Waals surface area (Å²) >= 11 is 0. The lowest BCUT2D eigenvalue weighted by Crippen LogP contribution is -2.23. The largest absolute Gasteiger partial charge is 0.306 e. The maximum Gasteiger partial charge on any atom is 0.0610 e. The van der Waals surface area contributed by atoms with Crippen LogP contribution in [-0.2, 0) is 7.05 Å². The van der Waals surface area contributed by atoms with Crippen molar-refractivity contribution in [2.75, 3.05) is 6.54 Å². The van der Waals surface area contributed by atoms with Crippen molar-refractivity contribution in [3.8, 4) is 0 Å². The highest BCUT2D eigenvalue weighted by molar-refractivity contribution is 5.36. The lowest BCUT2D eigenvalue weighted by molar-refractivity contribution is 0.419. The van der Waals surface area contributed by atoms with Gasteiger partial charge in [0, 0.05) is 18.3 Å². The van der Waals surface area contributed by atoms with E-state index in [-0.39, 0.29) is 6.04 Å². The van der Waals surface area contributed by atoms with Gasteiger partial charge < -0.3 is 5.32 Å². The monoisotopic (exact) mass is 283 g/mol. The molecule has 2 aromatic rings. The van der Waals surface area contributed by atoms with E-state index in [4.69, 9.17) is 0 Å². The van der Waals surface area contributed by atoms with Crippen LogP contribution in [-0.4, -0.2) is 16.3 Å². The molecule has 0 bridgehead atoms. The maximum atomic E-state index is 4.41. The molecule has 1 aromatic heterocycles. The van der Waals surface area contributed by atoms with Gasteiger partial charge in [-0.15, -0.1) is 0 Å². The van der Waals surface area contributed by atoms with Crippen molar-refractivity contribution < 1.29 is 0 Å². The first-order chi connectivity index (χ1) is 10.2. The Labute approximate surface area is 127 Å². The van der Waals surface area contributed by atoms with Gasteiger partial charge in [0.2, 0.25) is 0 Å². The van der Waals surface area contributed by atoms with Crippen LogP contribution in [0.4, 0.5) is 0 Å². The highest BCUT2D eigenvalue weighted by Gasteiger charge is 2.22. The third-order valence-corrected chi connectivity index (χ3v) is 4.81. The van der Waals surface area contributed by atoms with Crippen LogP contribution in [0.5, 0.6) is 0 Å². The van der Waals surface area contributed by atoms with Gasteiger partial charge in [0.25, 0.3) is 0 Å². The highest BCUT2D eigenvalue weighted by atomic mass is 15.3. The third-order valence-electron chi connectivity index (χ3n) is 4.81. The van der Waals surface area contributed by atoms with E-state index in [1.54, 1.807) is 0 Å². The fourth-order valence-corrected chi connectivity index (χ4v) is 3.14. The molecule has 1 atom stereocenters. The minimum absolute atomic E-state index is 0.240. The number of nitrogens with one attached hydrogen (secondary N) is 1. The molecule has 3 rings (SSSR count). The summed E-state index contributed by atoms with van der Waals surface area (Å²) in [5, 5.41) is 8.02. The molecule has 0 aliphatic heterocycles. The van der Waals surface area contributed by atoms with Gasteiger partial charge in [0.1, 0.15) is 0 Å². The average Bonchev–Trinajstić information content (AvgIpc) is 2.75. The molecule has 3 heteroatoms. The second-order valence-corrected chi connectivity index (χ2v) is 6.10. The van der Waals surface area contributed by atoms with Crippen molar-refractivity contribution in [1.29, 1.82) is 0 Å². The first-order valence-corrected chi connectivity index (χ1v) is 8.02. The number of aryl methyl sites for hydroxylation is 1. The first kappa shape index (κ1) is 14.3. The fourth-order valence-electron chi connectivity index (χ4n) is 3.14. The van der Waals surface area contributed by atoms with Crippen LogP contribution in [0, 0.1) is 6.92 Å². The molecule has 1 aliphatic carbocycles. The summed E-state index contributed by atoms with van der Waals surface area (Å²) in [5.74, 6) is 0.780. The Morgan fingerprint density at radius 3 is 2.76 bits per heavy atom. The summed E-state index contributed by atoms with van der Waals surface area (Å²) in [6, 6.07) is 9.36. The van der Waals surface area contributed by atoms with Gasteiger partial charge in [-0.05, 0) is 43.4 Å². The van der Waals surface area contributed by atoms with E-state index >= 15 is 0 Å². The molecule has 0 spiro atoms. The van der Waals surface area contributed by atoms with E-state index in [0.717, 1.165) is 12.5 Å². The van der Waals surface area contributed by atoms with Gasteiger partial charge in [-0.2, -0.15) is 5.10 Å². The zero-order valence-electron chi connectivity index (χ0n) is 13.3. The minimum atomic E-state index is 0.240. The van der Waals surface area contributed by atoms with Crippen LogP contribution < -0.4 is 5.32 Å². The molecule has 0 amide bonds. The summed E-state index contributed by atoms with van der Waals surface area (Å²) in [6.45, 7) is 5.25. The SMILES string of the molecule is CCNC(c1cccc(C2CCC2)c1)c1cnn(C)c1C. The van der Waals surface area contributed by atoms with Gasteiger partial charge in [-0.1, -0.05) is 37.6 Å².